The molecule has 6 nitrogen and oxygen atoms in total. The molecule has 0 spiro atoms. The fraction of sp³-hybridized carbons (Fsp3) is 0.419. The van der Waals surface area contributed by atoms with Crippen LogP contribution in [0.25, 0.3) is 0 Å². The van der Waals surface area contributed by atoms with E-state index in [4.69, 9.17) is 14.2 Å². The zero-order chi connectivity index (χ0) is 27.2. The van der Waals surface area contributed by atoms with Crippen LogP contribution in [0.15, 0.2) is 65.0 Å². The number of dihydropyridines is 1. The maximum absolute atomic E-state index is 13.8. The smallest absolute Gasteiger partial charge is 0.336 e. The highest BCUT2D eigenvalue weighted by atomic mass is 32.2. The molecule has 1 aliphatic carbocycles. The summed E-state index contributed by atoms with van der Waals surface area (Å²) in [6, 6.07) is 14.1. The number of carbonyl (C=O) groups excluding carboxylic acids is 2. The van der Waals surface area contributed by atoms with Crippen molar-refractivity contribution >= 4 is 23.5 Å². The molecule has 2 aliphatic rings. The van der Waals surface area contributed by atoms with Gasteiger partial charge in [-0.3, -0.25) is 4.79 Å². The van der Waals surface area contributed by atoms with E-state index in [9.17, 15) is 9.59 Å². The third-order valence-electron chi connectivity index (χ3n) is 7.31. The number of nitrogens with one attached hydrogen (secondary N) is 1. The normalized spacial score (nSPS) is 19.1. The second kappa shape index (κ2) is 12.6. The molecule has 0 radical (unpaired) electrons. The summed E-state index contributed by atoms with van der Waals surface area (Å²) in [7, 11) is 3.22. The predicted octanol–water partition coefficient (Wildman–Crippen LogP) is 5.92. The van der Waals surface area contributed by atoms with Gasteiger partial charge in [-0.15, -0.1) is 0 Å². The molecule has 2 aromatic carbocycles. The Labute approximate surface area is 229 Å². The van der Waals surface area contributed by atoms with E-state index < -0.39 is 5.92 Å². The lowest BCUT2D eigenvalue weighted by atomic mass is 9.71. The standard InChI is InChI=1S/C31H37NO5S/c1-6-20-8-10-21(11-9-20)29-28(31(34)37-14-15-38-7-2)19(3)32-24-16-23(17-25(33)30(24)29)22-12-13-26(35-4)27(18-22)36-5/h8-13,18,23,29,32H,6-7,14-17H2,1-5H3/t23-,29+/m1/s1. The first-order valence-corrected chi connectivity index (χ1v) is 14.4. The zero-order valence-electron chi connectivity index (χ0n) is 22.9. The summed E-state index contributed by atoms with van der Waals surface area (Å²) in [6.07, 6.45) is 1.94. The summed E-state index contributed by atoms with van der Waals surface area (Å²) in [6.45, 7) is 6.44. The van der Waals surface area contributed by atoms with Crippen molar-refractivity contribution in [2.24, 2.45) is 0 Å². The number of hydrogen-bond donors (Lipinski definition) is 1. The van der Waals surface area contributed by atoms with Crippen LogP contribution in [0.4, 0.5) is 0 Å². The van der Waals surface area contributed by atoms with Crippen LogP contribution in [0.1, 0.15) is 62.1 Å². The van der Waals surface area contributed by atoms with Crippen molar-refractivity contribution in [2.45, 2.75) is 51.9 Å². The van der Waals surface area contributed by atoms with E-state index in [2.05, 4.69) is 31.3 Å². The average Bonchev–Trinajstić information content (AvgIpc) is 2.94. The summed E-state index contributed by atoms with van der Waals surface area (Å²) < 4.78 is 16.6. The lowest BCUT2D eigenvalue weighted by Gasteiger charge is -2.37. The van der Waals surface area contributed by atoms with Gasteiger partial charge in [0.15, 0.2) is 17.3 Å². The first kappa shape index (κ1) is 27.8. The Hall–Kier alpha value is -3.19. The second-order valence-electron chi connectivity index (χ2n) is 9.56. The number of carbonyl (C=O) groups is 2. The average molecular weight is 536 g/mol. The molecule has 0 aromatic heterocycles. The summed E-state index contributed by atoms with van der Waals surface area (Å²) in [4.78, 5) is 27.2. The third kappa shape index (κ3) is 5.78. The van der Waals surface area contributed by atoms with Crippen molar-refractivity contribution in [1.29, 1.82) is 0 Å². The maximum atomic E-state index is 13.8. The highest BCUT2D eigenvalue weighted by Crippen LogP contribution is 2.46. The molecule has 1 N–H and O–H groups in total. The molecular weight excluding hydrogens is 498 g/mol. The Kier molecular flexibility index (Phi) is 9.21. The van der Waals surface area contributed by atoms with Crippen LogP contribution in [-0.2, 0) is 20.7 Å². The molecule has 0 unspecified atom stereocenters. The molecule has 4 rings (SSSR count). The third-order valence-corrected chi connectivity index (χ3v) is 8.18. The number of aryl methyl sites for hydroxylation is 1. The van der Waals surface area contributed by atoms with Gasteiger partial charge in [-0.2, -0.15) is 11.8 Å². The van der Waals surface area contributed by atoms with Crippen LogP contribution in [0.3, 0.4) is 0 Å². The van der Waals surface area contributed by atoms with Crippen LogP contribution in [0, 0.1) is 0 Å². The largest absolute Gasteiger partial charge is 0.493 e. The number of allylic oxidation sites excluding steroid dienone is 3. The zero-order valence-corrected chi connectivity index (χ0v) is 23.7. The molecule has 2 atom stereocenters. The van der Waals surface area contributed by atoms with Crippen molar-refractivity contribution in [2.75, 3.05) is 32.3 Å². The monoisotopic (exact) mass is 535 g/mol. The molecule has 0 amide bonds. The van der Waals surface area contributed by atoms with Crippen molar-refractivity contribution in [3.05, 3.63) is 81.7 Å². The van der Waals surface area contributed by atoms with Gasteiger partial charge in [0.1, 0.15) is 6.61 Å². The highest BCUT2D eigenvalue weighted by molar-refractivity contribution is 7.99. The number of methoxy groups -OCH3 is 2. The molecule has 1 aliphatic heterocycles. The molecule has 2 aromatic rings. The maximum Gasteiger partial charge on any atom is 0.336 e. The van der Waals surface area contributed by atoms with Crippen molar-refractivity contribution in [3.8, 4) is 11.5 Å². The number of benzene rings is 2. The summed E-state index contributed by atoms with van der Waals surface area (Å²) in [5, 5.41) is 3.43. The van der Waals surface area contributed by atoms with Crippen molar-refractivity contribution < 1.29 is 23.8 Å². The number of rotatable bonds is 10. The van der Waals surface area contributed by atoms with Gasteiger partial charge < -0.3 is 19.5 Å². The first-order chi connectivity index (χ1) is 18.4. The Morgan fingerprint density at radius 1 is 1.00 bits per heavy atom. The second-order valence-corrected chi connectivity index (χ2v) is 11.0. The van der Waals surface area contributed by atoms with Crippen LogP contribution in [-0.4, -0.2) is 44.1 Å². The van der Waals surface area contributed by atoms with E-state index >= 15 is 0 Å². The number of Topliss-reactive ketones (excluding diaryl/α,β-unsaturated/α-hetero) is 1. The quantitative estimate of drug-likeness (QED) is 0.299. The Balaban J connectivity index is 1.71. The number of hydrogen-bond acceptors (Lipinski definition) is 7. The molecule has 0 fully saturated rings. The molecule has 0 bridgehead atoms. The van der Waals surface area contributed by atoms with E-state index in [1.54, 1.807) is 26.0 Å². The van der Waals surface area contributed by atoms with Gasteiger partial charge in [-0.05, 0) is 60.3 Å². The molecule has 0 saturated heterocycles. The summed E-state index contributed by atoms with van der Waals surface area (Å²) in [5.74, 6) is 2.23. The molecule has 0 saturated carbocycles. The van der Waals surface area contributed by atoms with Crippen molar-refractivity contribution in [1.82, 2.24) is 5.32 Å². The van der Waals surface area contributed by atoms with Gasteiger partial charge in [0.2, 0.25) is 0 Å². The molecule has 202 valence electrons. The van der Waals surface area contributed by atoms with Gasteiger partial charge in [0.25, 0.3) is 0 Å². The fourth-order valence-electron chi connectivity index (χ4n) is 5.35. The van der Waals surface area contributed by atoms with E-state index in [0.717, 1.165) is 40.4 Å². The number of esters is 1. The van der Waals surface area contributed by atoms with Crippen LogP contribution in [0.2, 0.25) is 0 Å². The number of ether oxygens (including phenoxy) is 3. The lowest BCUT2D eigenvalue weighted by molar-refractivity contribution is -0.138. The van der Waals surface area contributed by atoms with E-state index in [-0.39, 0.29) is 17.7 Å². The van der Waals surface area contributed by atoms with Crippen LogP contribution < -0.4 is 14.8 Å². The van der Waals surface area contributed by atoms with Gasteiger partial charge in [-0.1, -0.05) is 44.2 Å². The van der Waals surface area contributed by atoms with Crippen molar-refractivity contribution in [3.63, 3.8) is 0 Å². The van der Waals surface area contributed by atoms with Gasteiger partial charge in [-0.25, -0.2) is 4.79 Å². The van der Waals surface area contributed by atoms with E-state index in [1.807, 2.05) is 37.3 Å². The minimum absolute atomic E-state index is 0.0101. The Bertz CT molecular complexity index is 1250. The minimum atomic E-state index is -0.456. The fourth-order valence-corrected chi connectivity index (χ4v) is 5.84. The molecule has 1 heterocycles. The molecular formula is C31H37NO5S. The Morgan fingerprint density at radius 2 is 1.71 bits per heavy atom. The molecule has 7 heteroatoms. The SMILES string of the molecule is CCSCCOC(=O)C1=C(C)NC2=C(C(=O)C[C@H](c3ccc(OC)c(OC)c3)C2)[C@H]1c1ccc(CC)cc1. The molecule has 38 heavy (non-hydrogen) atoms. The number of ketones is 1. The topological polar surface area (TPSA) is 73.9 Å². The Morgan fingerprint density at radius 3 is 2.37 bits per heavy atom. The summed E-state index contributed by atoms with van der Waals surface area (Å²) in [5.41, 5.74) is 5.97. The lowest BCUT2D eigenvalue weighted by Crippen LogP contribution is -2.36. The first-order valence-electron chi connectivity index (χ1n) is 13.2. The van der Waals surface area contributed by atoms with Crippen LogP contribution in [0.5, 0.6) is 11.5 Å². The summed E-state index contributed by atoms with van der Waals surface area (Å²) >= 11 is 1.73. The predicted molar refractivity (Wildman–Crippen MR) is 152 cm³/mol. The van der Waals surface area contributed by atoms with Gasteiger partial charge in [0.05, 0.1) is 19.8 Å². The highest BCUT2D eigenvalue weighted by Gasteiger charge is 2.41. The van der Waals surface area contributed by atoms with Gasteiger partial charge >= 0.3 is 5.97 Å². The van der Waals surface area contributed by atoms with Crippen LogP contribution >= 0.6 is 11.8 Å². The minimum Gasteiger partial charge on any atom is -0.493 e. The number of thioether (sulfide) groups is 1. The van der Waals surface area contributed by atoms with Gasteiger partial charge in [0, 0.05) is 35.1 Å². The van der Waals surface area contributed by atoms with E-state index in [1.165, 1.54) is 5.56 Å². The van der Waals surface area contributed by atoms with E-state index in [0.29, 0.717) is 42.1 Å².